The first-order valence-corrected chi connectivity index (χ1v) is 32.8. The summed E-state index contributed by atoms with van der Waals surface area (Å²) in [4.78, 5) is 64.0. The molecule has 4 fully saturated rings. The van der Waals surface area contributed by atoms with Crippen molar-refractivity contribution in [2.75, 3.05) is 343 Å². The topological polar surface area (TPSA) is 284 Å². The first-order chi connectivity index (χ1) is 44.9. The fourth-order valence-corrected chi connectivity index (χ4v) is 8.85. The van der Waals surface area contributed by atoms with E-state index in [0.717, 1.165) is 0 Å². The van der Waals surface area contributed by atoms with Gasteiger partial charge >= 0.3 is 23.9 Å². The molecule has 30 nitrogen and oxygen atoms in total. The minimum Gasteiger partial charge on any atom is -0.465 e. The maximum atomic E-state index is 14.0. The Bertz CT molecular complexity index is 1550. The SMILES string of the molecule is O=C(CCN1CCOCCOCCOCCOCCOCC1)OCC(COC(=O)CCN1CCOCCOCCOCCOCCOCC1)(COC(=O)CCN1CCOCCOCCOCCOCC1)COC(=O)CCN1CCOCCOCCOCCOCC1. The Morgan fingerprint density at radius 1 is 0.209 bits per heavy atom. The first-order valence-electron chi connectivity index (χ1n) is 32.8. The summed E-state index contributed by atoms with van der Waals surface area (Å²) in [6.07, 6.45) is -0.178. The van der Waals surface area contributed by atoms with Crippen molar-refractivity contribution < 1.29 is 123 Å². The van der Waals surface area contributed by atoms with Crippen LogP contribution in [0.15, 0.2) is 0 Å². The normalized spacial score (nSPS) is 22.1. The molecule has 91 heavy (non-hydrogen) atoms. The van der Waals surface area contributed by atoms with Crippen molar-refractivity contribution >= 4 is 23.9 Å². The third-order valence-corrected chi connectivity index (χ3v) is 14.3. The molecule has 0 saturated carbocycles. The lowest BCUT2D eigenvalue weighted by molar-refractivity contribution is -0.171. The molecule has 30 heteroatoms. The fraction of sp³-hybridized carbons (Fsp3) is 0.934. The van der Waals surface area contributed by atoms with Gasteiger partial charge in [0.25, 0.3) is 0 Å². The molecule has 0 unspecified atom stereocenters. The molecule has 0 aromatic heterocycles. The van der Waals surface area contributed by atoms with Crippen LogP contribution in [-0.2, 0) is 123 Å². The molecule has 4 rings (SSSR count). The highest BCUT2D eigenvalue weighted by Crippen LogP contribution is 2.23. The highest BCUT2D eigenvalue weighted by molar-refractivity contribution is 5.71. The molecule has 4 saturated heterocycles. The molecular weight excluding hydrogens is 1200 g/mol. The molecule has 0 amide bonds. The van der Waals surface area contributed by atoms with Crippen molar-refractivity contribution in [1.29, 1.82) is 0 Å². The van der Waals surface area contributed by atoms with Gasteiger partial charge in [0.2, 0.25) is 0 Å². The Hall–Kier alpha value is -3.00. The van der Waals surface area contributed by atoms with Crippen LogP contribution in [0.4, 0.5) is 0 Å². The lowest BCUT2D eigenvalue weighted by Gasteiger charge is -2.32. The van der Waals surface area contributed by atoms with Gasteiger partial charge in [-0.25, -0.2) is 0 Å². The van der Waals surface area contributed by atoms with Gasteiger partial charge in [-0.1, -0.05) is 0 Å². The van der Waals surface area contributed by atoms with Crippen LogP contribution in [0, 0.1) is 5.41 Å². The molecule has 532 valence electrons. The maximum absolute atomic E-state index is 14.0. The summed E-state index contributed by atoms with van der Waals surface area (Å²) in [6.45, 7) is 18.2. The van der Waals surface area contributed by atoms with E-state index < -0.39 is 55.7 Å². The second-order valence-electron chi connectivity index (χ2n) is 21.5. The van der Waals surface area contributed by atoms with Crippen molar-refractivity contribution in [3.63, 3.8) is 0 Å². The Kier molecular flexibility index (Phi) is 51.6. The molecule has 0 radical (unpaired) electrons. The van der Waals surface area contributed by atoms with E-state index in [4.69, 9.17) is 104 Å². The molecular formula is C61H112N4O26. The molecule has 0 bridgehead atoms. The predicted molar refractivity (Wildman–Crippen MR) is 325 cm³/mol. The van der Waals surface area contributed by atoms with E-state index in [1.54, 1.807) is 0 Å². The van der Waals surface area contributed by atoms with Crippen LogP contribution < -0.4 is 0 Å². The molecule has 4 aliphatic heterocycles. The summed E-state index contributed by atoms with van der Waals surface area (Å²) < 4.78 is 127. The Balaban J connectivity index is 1.52. The van der Waals surface area contributed by atoms with E-state index in [9.17, 15) is 19.2 Å². The standard InChI is InChI=1S/C61H112N4O26/c66-57(1-5-62-9-17-70-25-33-78-41-42-79-34-26-71-18-10-62)88-53-61(54-89-58(67)2-6-63-11-19-72-27-35-80-43-44-81-36-28-73-20-12-63,55-90-59(68)3-7-64-13-21-74-29-37-82-45-49-86-50-46-83-38-30-75-22-14-64)56-91-60(69)4-8-65-15-23-76-31-39-84-47-51-87-52-48-85-40-32-77-24-16-65/h1-56H2. The molecule has 0 aromatic carbocycles. The summed E-state index contributed by atoms with van der Waals surface area (Å²) in [5.74, 6) is -2.35. The summed E-state index contributed by atoms with van der Waals surface area (Å²) in [6, 6.07) is 0. The molecule has 0 spiro atoms. The predicted octanol–water partition coefficient (Wildman–Crippen LogP) is -0.733. The van der Waals surface area contributed by atoms with Crippen molar-refractivity contribution in [3.8, 4) is 0 Å². The average Bonchev–Trinajstić information content (AvgIpc) is 2.39. The largest absolute Gasteiger partial charge is 0.465 e. The van der Waals surface area contributed by atoms with Crippen molar-refractivity contribution in [3.05, 3.63) is 0 Å². The van der Waals surface area contributed by atoms with Gasteiger partial charge in [0.05, 0.1) is 264 Å². The lowest BCUT2D eigenvalue weighted by atomic mass is 9.92. The van der Waals surface area contributed by atoms with E-state index >= 15 is 0 Å². The molecule has 4 heterocycles. The number of carbonyl (C=O) groups is 4. The van der Waals surface area contributed by atoms with Gasteiger partial charge in [-0.05, 0) is 0 Å². The maximum Gasteiger partial charge on any atom is 0.307 e. The van der Waals surface area contributed by atoms with Gasteiger partial charge in [-0.3, -0.25) is 38.8 Å². The third kappa shape index (κ3) is 47.5. The van der Waals surface area contributed by atoms with Crippen LogP contribution in [0.1, 0.15) is 25.7 Å². The Morgan fingerprint density at radius 3 is 0.462 bits per heavy atom. The van der Waals surface area contributed by atoms with E-state index in [2.05, 4.69) is 0 Å². The van der Waals surface area contributed by atoms with Crippen LogP contribution in [-0.4, -0.2) is 386 Å². The highest BCUT2D eigenvalue weighted by Gasteiger charge is 2.38. The Labute approximate surface area is 539 Å². The van der Waals surface area contributed by atoms with Gasteiger partial charge in [-0.15, -0.1) is 0 Å². The molecule has 4 aliphatic rings. The quantitative estimate of drug-likeness (QED) is 0.107. The molecule has 0 aliphatic carbocycles. The summed E-state index contributed by atoms with van der Waals surface area (Å²) in [5, 5.41) is 0. The number of nitrogens with zero attached hydrogens (tertiary/aromatic N) is 4. The van der Waals surface area contributed by atoms with Crippen LogP contribution in [0.25, 0.3) is 0 Å². The summed E-state index contributed by atoms with van der Waals surface area (Å²) >= 11 is 0. The van der Waals surface area contributed by atoms with Gasteiger partial charge < -0.3 is 104 Å². The second-order valence-corrected chi connectivity index (χ2v) is 21.5. The zero-order valence-electron chi connectivity index (χ0n) is 54.5. The van der Waals surface area contributed by atoms with E-state index in [1.165, 1.54) is 0 Å². The zero-order chi connectivity index (χ0) is 64.3. The summed E-state index contributed by atoms with van der Waals surface area (Å²) in [7, 11) is 0. The minimum absolute atomic E-state index is 0.0402. The van der Waals surface area contributed by atoms with Gasteiger partial charge in [0, 0.05) is 78.5 Å². The average molecular weight is 1320 g/mol. The third-order valence-electron chi connectivity index (χ3n) is 14.3. The number of esters is 4. The second kappa shape index (κ2) is 58.4. The van der Waals surface area contributed by atoms with Crippen molar-refractivity contribution in [2.24, 2.45) is 5.41 Å². The number of rotatable bonds is 20. The minimum atomic E-state index is -1.56. The van der Waals surface area contributed by atoms with Crippen LogP contribution in [0.3, 0.4) is 0 Å². The molecule has 0 atom stereocenters. The molecule has 0 N–H and O–H groups in total. The number of hydrogen-bond donors (Lipinski definition) is 0. The van der Waals surface area contributed by atoms with E-state index in [1.807, 2.05) is 19.6 Å². The van der Waals surface area contributed by atoms with E-state index in [-0.39, 0.29) is 38.8 Å². The van der Waals surface area contributed by atoms with Crippen LogP contribution in [0.2, 0.25) is 0 Å². The van der Waals surface area contributed by atoms with Gasteiger partial charge in [0.1, 0.15) is 31.8 Å². The monoisotopic (exact) mass is 1320 g/mol. The Morgan fingerprint density at radius 2 is 0.330 bits per heavy atom. The number of ether oxygens (including phenoxy) is 22. The fourth-order valence-electron chi connectivity index (χ4n) is 8.85. The summed E-state index contributed by atoms with van der Waals surface area (Å²) in [5.41, 5.74) is -1.56. The van der Waals surface area contributed by atoms with E-state index in [0.29, 0.717) is 303 Å². The highest BCUT2D eigenvalue weighted by atomic mass is 16.6. The smallest absolute Gasteiger partial charge is 0.307 e. The van der Waals surface area contributed by atoms with Crippen molar-refractivity contribution in [2.45, 2.75) is 25.7 Å². The number of hydrogen-bond acceptors (Lipinski definition) is 30. The van der Waals surface area contributed by atoms with Crippen LogP contribution >= 0.6 is 0 Å². The lowest BCUT2D eigenvalue weighted by Crippen LogP contribution is -2.44. The van der Waals surface area contributed by atoms with Crippen molar-refractivity contribution in [1.82, 2.24) is 19.6 Å². The number of carbonyl (C=O) groups excluding carboxylic acids is 4. The van der Waals surface area contributed by atoms with Crippen LogP contribution in [0.5, 0.6) is 0 Å². The zero-order valence-corrected chi connectivity index (χ0v) is 54.5. The van der Waals surface area contributed by atoms with Gasteiger partial charge in [-0.2, -0.15) is 0 Å². The first kappa shape index (κ1) is 80.4. The molecule has 0 aromatic rings. The van der Waals surface area contributed by atoms with Gasteiger partial charge in [0.15, 0.2) is 0 Å².